The first kappa shape index (κ1) is 29.4. The van der Waals surface area contributed by atoms with Crippen LogP contribution in [-0.4, -0.2) is 53.3 Å². The van der Waals surface area contributed by atoms with E-state index in [0.29, 0.717) is 12.5 Å². The van der Waals surface area contributed by atoms with Crippen molar-refractivity contribution in [2.75, 3.05) is 26.2 Å². The predicted octanol–water partition coefficient (Wildman–Crippen LogP) is 6.13. The zero-order valence-corrected chi connectivity index (χ0v) is 22.3. The summed E-state index contributed by atoms with van der Waals surface area (Å²) in [5.74, 6) is -1.95. The molecule has 0 amide bonds. The van der Waals surface area contributed by atoms with Crippen molar-refractivity contribution in [1.82, 2.24) is 4.90 Å². The third kappa shape index (κ3) is 8.69. The molecule has 2 atom stereocenters. The van der Waals surface area contributed by atoms with Gasteiger partial charge < -0.3 is 19.8 Å². The first-order chi connectivity index (χ1) is 19.3. The Hall–Kier alpha value is -3.62. The van der Waals surface area contributed by atoms with Gasteiger partial charge in [0.15, 0.2) is 0 Å². The SMILES string of the molecule is Fc1ccc(C(OCCC2CCN(C[C@H]3C[C@@H]3c3ccccc3)CC2)c2ccc(F)cc2)cc1.O=C(O)C(=O)O. The van der Waals surface area contributed by atoms with Gasteiger partial charge in [-0.2, -0.15) is 0 Å². The number of likely N-dealkylation sites (tertiary alicyclic amines) is 1. The lowest BCUT2D eigenvalue weighted by Gasteiger charge is -2.32. The van der Waals surface area contributed by atoms with Crippen LogP contribution in [0.4, 0.5) is 8.78 Å². The minimum atomic E-state index is -1.82. The van der Waals surface area contributed by atoms with E-state index in [-0.39, 0.29) is 17.7 Å². The number of carbonyl (C=O) groups is 2. The van der Waals surface area contributed by atoms with E-state index < -0.39 is 11.9 Å². The average molecular weight is 552 g/mol. The van der Waals surface area contributed by atoms with Crippen LogP contribution in [0.3, 0.4) is 0 Å². The summed E-state index contributed by atoms with van der Waals surface area (Å²) < 4.78 is 33.2. The number of piperidine rings is 1. The van der Waals surface area contributed by atoms with Gasteiger partial charge in [0.05, 0.1) is 0 Å². The molecule has 2 fully saturated rings. The second kappa shape index (κ2) is 14.1. The fraction of sp³-hybridized carbons (Fsp3) is 0.375. The maximum atomic E-state index is 13.4. The van der Waals surface area contributed by atoms with Gasteiger partial charge in [0, 0.05) is 13.2 Å². The maximum Gasteiger partial charge on any atom is 0.414 e. The molecule has 2 N–H and O–H groups in total. The number of carboxylic acids is 2. The van der Waals surface area contributed by atoms with Crippen LogP contribution < -0.4 is 0 Å². The van der Waals surface area contributed by atoms with E-state index in [1.807, 2.05) is 0 Å². The number of hydrogen-bond acceptors (Lipinski definition) is 4. The Balaban J connectivity index is 0.000000557. The second-order valence-corrected chi connectivity index (χ2v) is 10.5. The highest BCUT2D eigenvalue weighted by Crippen LogP contribution is 2.48. The monoisotopic (exact) mass is 551 g/mol. The van der Waals surface area contributed by atoms with Gasteiger partial charge in [-0.1, -0.05) is 54.6 Å². The minimum absolute atomic E-state index is 0.269. The predicted molar refractivity (Wildman–Crippen MR) is 147 cm³/mol. The quantitative estimate of drug-likeness (QED) is 0.311. The summed E-state index contributed by atoms with van der Waals surface area (Å²) >= 11 is 0. The lowest BCUT2D eigenvalue weighted by atomic mass is 9.93. The average Bonchev–Trinajstić information content (AvgIpc) is 3.73. The van der Waals surface area contributed by atoms with Crippen molar-refractivity contribution in [2.45, 2.75) is 37.7 Å². The van der Waals surface area contributed by atoms with E-state index in [1.165, 1.54) is 68.7 Å². The molecule has 8 heteroatoms. The zero-order valence-electron chi connectivity index (χ0n) is 22.3. The fourth-order valence-corrected chi connectivity index (χ4v) is 5.36. The third-order valence-electron chi connectivity index (χ3n) is 7.69. The molecule has 6 nitrogen and oxygen atoms in total. The summed E-state index contributed by atoms with van der Waals surface area (Å²) in [5, 5.41) is 14.8. The number of halogens is 2. The Morgan fingerprint density at radius 2 is 1.35 bits per heavy atom. The van der Waals surface area contributed by atoms with Gasteiger partial charge in [-0.15, -0.1) is 0 Å². The first-order valence-electron chi connectivity index (χ1n) is 13.7. The van der Waals surface area contributed by atoms with Crippen molar-refractivity contribution in [3.63, 3.8) is 0 Å². The molecule has 212 valence electrons. The molecule has 1 heterocycles. The Morgan fingerprint density at radius 1 is 0.825 bits per heavy atom. The summed E-state index contributed by atoms with van der Waals surface area (Å²) in [4.78, 5) is 20.8. The van der Waals surface area contributed by atoms with Crippen LogP contribution >= 0.6 is 0 Å². The molecule has 0 bridgehead atoms. The maximum absolute atomic E-state index is 13.4. The number of rotatable bonds is 9. The normalized spacial score (nSPS) is 19.1. The van der Waals surface area contributed by atoms with Gasteiger partial charge in [-0.05, 0) is 97.5 Å². The molecule has 1 saturated heterocycles. The van der Waals surface area contributed by atoms with Crippen molar-refractivity contribution in [3.05, 3.63) is 107 Å². The van der Waals surface area contributed by atoms with Crippen molar-refractivity contribution in [2.24, 2.45) is 11.8 Å². The molecule has 0 spiro atoms. The molecular weight excluding hydrogens is 516 g/mol. The third-order valence-corrected chi connectivity index (χ3v) is 7.69. The van der Waals surface area contributed by atoms with Crippen LogP contribution in [0.1, 0.15) is 54.4 Å². The molecule has 5 rings (SSSR count). The van der Waals surface area contributed by atoms with Gasteiger partial charge in [0.25, 0.3) is 0 Å². The number of hydrogen-bond donors (Lipinski definition) is 2. The lowest BCUT2D eigenvalue weighted by molar-refractivity contribution is -0.159. The summed E-state index contributed by atoms with van der Waals surface area (Å²) in [5.41, 5.74) is 3.27. The Morgan fingerprint density at radius 3 is 1.85 bits per heavy atom. The van der Waals surface area contributed by atoms with Gasteiger partial charge in [0.2, 0.25) is 0 Å². The van der Waals surface area contributed by atoms with Crippen LogP contribution in [0, 0.1) is 23.5 Å². The van der Waals surface area contributed by atoms with E-state index in [4.69, 9.17) is 24.5 Å². The van der Waals surface area contributed by atoms with E-state index >= 15 is 0 Å². The van der Waals surface area contributed by atoms with Crippen molar-refractivity contribution in [1.29, 1.82) is 0 Å². The molecule has 1 saturated carbocycles. The number of aliphatic carboxylic acids is 2. The summed E-state index contributed by atoms with van der Waals surface area (Å²) in [6, 6.07) is 23.7. The summed E-state index contributed by atoms with van der Waals surface area (Å²) in [7, 11) is 0. The summed E-state index contributed by atoms with van der Waals surface area (Å²) in [6.07, 6.45) is 4.45. The van der Waals surface area contributed by atoms with Crippen LogP contribution in [0.5, 0.6) is 0 Å². The van der Waals surface area contributed by atoms with E-state index in [9.17, 15) is 8.78 Å². The van der Waals surface area contributed by atoms with Gasteiger partial charge in [0.1, 0.15) is 17.7 Å². The number of carboxylic acid groups (broad SMARTS) is 2. The highest BCUT2D eigenvalue weighted by Gasteiger charge is 2.39. The number of benzene rings is 3. The van der Waals surface area contributed by atoms with Gasteiger partial charge >= 0.3 is 11.9 Å². The van der Waals surface area contributed by atoms with Crippen LogP contribution in [0.15, 0.2) is 78.9 Å². The molecule has 0 radical (unpaired) electrons. The van der Waals surface area contributed by atoms with Crippen molar-refractivity contribution in [3.8, 4) is 0 Å². The Labute approximate surface area is 233 Å². The summed E-state index contributed by atoms with van der Waals surface area (Å²) in [6.45, 7) is 4.20. The van der Waals surface area contributed by atoms with E-state index in [0.717, 1.165) is 29.4 Å². The molecule has 3 aromatic rings. The number of ether oxygens (including phenoxy) is 1. The molecule has 1 aliphatic heterocycles. The number of nitrogens with zero attached hydrogens (tertiary/aromatic N) is 1. The van der Waals surface area contributed by atoms with E-state index in [1.54, 1.807) is 24.3 Å². The highest BCUT2D eigenvalue weighted by molar-refractivity contribution is 6.27. The second-order valence-electron chi connectivity index (χ2n) is 10.5. The molecule has 2 aliphatic rings. The molecule has 0 aromatic heterocycles. The highest BCUT2D eigenvalue weighted by atomic mass is 19.1. The first-order valence-corrected chi connectivity index (χ1v) is 13.7. The van der Waals surface area contributed by atoms with Gasteiger partial charge in [-0.25, -0.2) is 18.4 Å². The van der Waals surface area contributed by atoms with Crippen molar-refractivity contribution < 1.29 is 33.3 Å². The van der Waals surface area contributed by atoms with Crippen LogP contribution in [0.2, 0.25) is 0 Å². The topological polar surface area (TPSA) is 87.1 Å². The fourth-order valence-electron chi connectivity index (χ4n) is 5.36. The van der Waals surface area contributed by atoms with Crippen LogP contribution in [-0.2, 0) is 14.3 Å². The standard InChI is InChI=1S/C30H33F2NO.C2H2O4/c31-27-10-6-24(7-11-27)30(25-8-12-28(32)13-9-25)34-19-16-22-14-17-33(18-15-22)21-26-20-29(26)23-4-2-1-3-5-23;3-1(4)2(5)6/h1-13,22,26,29-30H,14-21H2;(H,3,4)(H,5,6)/t26-,29-;/m1./s1. The molecule has 0 unspecified atom stereocenters. The van der Waals surface area contributed by atoms with Crippen molar-refractivity contribution >= 4 is 11.9 Å². The largest absolute Gasteiger partial charge is 0.473 e. The van der Waals surface area contributed by atoms with Crippen LogP contribution in [0.25, 0.3) is 0 Å². The smallest absolute Gasteiger partial charge is 0.414 e. The minimum Gasteiger partial charge on any atom is -0.473 e. The Kier molecular flexibility index (Phi) is 10.4. The molecule has 40 heavy (non-hydrogen) atoms. The van der Waals surface area contributed by atoms with E-state index in [2.05, 4.69) is 35.2 Å². The van der Waals surface area contributed by atoms with Gasteiger partial charge in [-0.3, -0.25) is 0 Å². The molecule has 1 aliphatic carbocycles. The lowest BCUT2D eigenvalue weighted by Crippen LogP contribution is -2.35. The molecular formula is C32H35F2NO5. The zero-order chi connectivity index (χ0) is 28.5. The Bertz CT molecular complexity index is 1170. The molecule has 3 aromatic carbocycles.